The molecule has 0 unspecified atom stereocenters. The molecule has 0 aliphatic carbocycles. The van der Waals surface area contributed by atoms with Crippen molar-refractivity contribution in [3.05, 3.63) is 23.0 Å². The van der Waals surface area contributed by atoms with Crippen LogP contribution in [0, 0.1) is 6.92 Å². The number of hydrogen-bond donors (Lipinski definition) is 1. The lowest BCUT2D eigenvalue weighted by Crippen LogP contribution is -2.05. The number of hydrogen-bond acceptors (Lipinski definition) is 5. The zero-order chi connectivity index (χ0) is 11.4. The first-order chi connectivity index (χ1) is 7.10. The third-order valence-electron chi connectivity index (χ3n) is 1.80. The summed E-state index contributed by atoms with van der Waals surface area (Å²) in [6, 6.07) is 0. The standard InChI is InChI=1S/C9H8INO4/c1-5-8(15-9(10)14)7(4-13)6(3-12)2-11-5/h2,4,12H,3H2,1H3. The summed E-state index contributed by atoms with van der Waals surface area (Å²) in [5.74, 6) is 0.107. The molecule has 15 heavy (non-hydrogen) atoms. The first-order valence-electron chi connectivity index (χ1n) is 4.02. The topological polar surface area (TPSA) is 76.5 Å². The largest absolute Gasteiger partial charge is 0.416 e. The number of pyridine rings is 1. The summed E-state index contributed by atoms with van der Waals surface area (Å²) in [5.41, 5.74) is 0.928. The molecule has 0 atom stereocenters. The van der Waals surface area contributed by atoms with Gasteiger partial charge in [0.2, 0.25) is 0 Å². The molecule has 0 aliphatic rings. The van der Waals surface area contributed by atoms with E-state index in [1.165, 1.54) is 28.8 Å². The molecule has 0 saturated carbocycles. The van der Waals surface area contributed by atoms with Gasteiger partial charge in [0.25, 0.3) is 0 Å². The number of rotatable bonds is 3. The molecule has 1 N–H and O–H groups in total. The van der Waals surface area contributed by atoms with Gasteiger partial charge in [0.1, 0.15) is 0 Å². The van der Waals surface area contributed by atoms with Crippen LogP contribution in [0.2, 0.25) is 0 Å². The zero-order valence-corrected chi connectivity index (χ0v) is 10.0. The van der Waals surface area contributed by atoms with Gasteiger partial charge >= 0.3 is 3.98 Å². The minimum absolute atomic E-state index is 0.107. The normalized spacial score (nSPS) is 9.80. The van der Waals surface area contributed by atoms with Gasteiger partial charge in [0.05, 0.1) is 40.5 Å². The van der Waals surface area contributed by atoms with Crippen LogP contribution in [0.4, 0.5) is 4.79 Å². The molecule has 0 aliphatic heterocycles. The fourth-order valence-corrected chi connectivity index (χ4v) is 1.33. The molecule has 0 spiro atoms. The maximum absolute atomic E-state index is 10.8. The number of nitrogens with zero attached hydrogens (tertiary/aromatic N) is 1. The van der Waals surface area contributed by atoms with Crippen molar-refractivity contribution in [3.8, 4) is 5.75 Å². The fraction of sp³-hybridized carbons (Fsp3) is 0.222. The van der Waals surface area contributed by atoms with E-state index in [-0.39, 0.29) is 17.9 Å². The quantitative estimate of drug-likeness (QED) is 0.520. The van der Waals surface area contributed by atoms with Crippen LogP contribution in [0.15, 0.2) is 6.20 Å². The second kappa shape index (κ2) is 5.17. The lowest BCUT2D eigenvalue weighted by Gasteiger charge is -2.09. The predicted molar refractivity (Wildman–Crippen MR) is 60.3 cm³/mol. The zero-order valence-electron chi connectivity index (χ0n) is 7.86. The molecule has 5 nitrogen and oxygen atoms in total. The first-order valence-corrected chi connectivity index (χ1v) is 5.09. The molecule has 1 rings (SSSR count). The number of aldehydes is 1. The van der Waals surface area contributed by atoms with E-state index < -0.39 is 3.98 Å². The maximum Gasteiger partial charge on any atom is 0.372 e. The maximum atomic E-state index is 10.8. The molecule has 6 heteroatoms. The van der Waals surface area contributed by atoms with Gasteiger partial charge in [-0.05, 0) is 6.92 Å². The highest BCUT2D eigenvalue weighted by molar-refractivity contribution is 14.1. The minimum Gasteiger partial charge on any atom is -0.416 e. The second-order valence-electron chi connectivity index (χ2n) is 2.73. The van der Waals surface area contributed by atoms with Gasteiger partial charge in [-0.25, -0.2) is 4.79 Å². The molecule has 0 aromatic carbocycles. The van der Waals surface area contributed by atoms with Crippen molar-refractivity contribution in [3.63, 3.8) is 0 Å². The van der Waals surface area contributed by atoms with Crippen molar-refractivity contribution < 1.29 is 19.4 Å². The van der Waals surface area contributed by atoms with Gasteiger partial charge in [-0.2, -0.15) is 0 Å². The Balaban J connectivity index is 3.31. The molecule has 0 fully saturated rings. The van der Waals surface area contributed by atoms with Gasteiger partial charge in [-0.1, -0.05) is 0 Å². The van der Waals surface area contributed by atoms with Gasteiger partial charge in [0, 0.05) is 11.8 Å². The van der Waals surface area contributed by atoms with Crippen molar-refractivity contribution in [2.75, 3.05) is 0 Å². The Bertz CT molecular complexity index is 405. The molecular weight excluding hydrogens is 313 g/mol. The SMILES string of the molecule is Cc1ncc(CO)c(C=O)c1OC(=O)I. The van der Waals surface area contributed by atoms with Crippen LogP contribution < -0.4 is 4.74 Å². The minimum atomic E-state index is -0.560. The molecule has 0 amide bonds. The van der Waals surface area contributed by atoms with Crippen LogP contribution >= 0.6 is 22.6 Å². The van der Waals surface area contributed by atoms with E-state index in [1.54, 1.807) is 6.92 Å². The number of carbonyl (C=O) groups excluding carboxylic acids is 2. The van der Waals surface area contributed by atoms with Crippen molar-refractivity contribution in [1.82, 2.24) is 4.98 Å². The summed E-state index contributed by atoms with van der Waals surface area (Å²) >= 11 is 1.45. The van der Waals surface area contributed by atoms with Crippen LogP contribution in [0.1, 0.15) is 21.6 Å². The summed E-state index contributed by atoms with van der Waals surface area (Å²) in [7, 11) is 0. The van der Waals surface area contributed by atoms with Crippen LogP contribution in [0.3, 0.4) is 0 Å². The number of aromatic nitrogens is 1. The van der Waals surface area contributed by atoms with Gasteiger partial charge < -0.3 is 9.84 Å². The Kier molecular flexibility index (Phi) is 4.15. The highest BCUT2D eigenvalue weighted by atomic mass is 127. The lowest BCUT2D eigenvalue weighted by molar-refractivity contribution is 0.111. The van der Waals surface area contributed by atoms with E-state index in [1.807, 2.05) is 0 Å². The van der Waals surface area contributed by atoms with Gasteiger partial charge in [0.15, 0.2) is 12.0 Å². The van der Waals surface area contributed by atoms with E-state index >= 15 is 0 Å². The van der Waals surface area contributed by atoms with Gasteiger partial charge in [-0.3, -0.25) is 9.78 Å². The van der Waals surface area contributed by atoms with Crippen LogP contribution in [0.5, 0.6) is 5.75 Å². The average Bonchev–Trinajstić information content (AvgIpc) is 2.20. The number of carbonyl (C=O) groups is 2. The molecule has 0 radical (unpaired) electrons. The number of ether oxygens (including phenoxy) is 1. The van der Waals surface area contributed by atoms with Crippen molar-refractivity contribution in [2.45, 2.75) is 13.5 Å². The highest BCUT2D eigenvalue weighted by Crippen LogP contribution is 2.24. The predicted octanol–water partition coefficient (Wildman–Crippen LogP) is 1.63. The van der Waals surface area contributed by atoms with E-state index in [4.69, 9.17) is 9.84 Å². The molecule has 80 valence electrons. The molecule has 1 heterocycles. The first kappa shape index (κ1) is 12.1. The van der Waals surface area contributed by atoms with E-state index in [2.05, 4.69) is 4.98 Å². The molecular formula is C9H8INO4. The number of aryl methyl sites for hydroxylation is 1. The smallest absolute Gasteiger partial charge is 0.372 e. The van der Waals surface area contributed by atoms with Crippen LogP contribution in [0.25, 0.3) is 0 Å². The fourth-order valence-electron chi connectivity index (χ4n) is 1.11. The Labute approximate surface area is 99.6 Å². The summed E-state index contributed by atoms with van der Waals surface area (Å²) in [4.78, 5) is 25.5. The van der Waals surface area contributed by atoms with E-state index in [9.17, 15) is 9.59 Å². The van der Waals surface area contributed by atoms with E-state index in [0.717, 1.165) is 0 Å². The Morgan fingerprint density at radius 3 is 2.87 bits per heavy atom. The summed E-state index contributed by atoms with van der Waals surface area (Å²) < 4.78 is 4.29. The highest BCUT2D eigenvalue weighted by Gasteiger charge is 2.14. The Hall–Kier alpha value is -1.02. The number of aliphatic hydroxyl groups is 1. The average molecular weight is 321 g/mol. The molecule has 1 aromatic heterocycles. The van der Waals surface area contributed by atoms with Crippen LogP contribution in [-0.4, -0.2) is 20.4 Å². The van der Waals surface area contributed by atoms with Crippen molar-refractivity contribution in [1.29, 1.82) is 0 Å². The summed E-state index contributed by atoms with van der Waals surface area (Å²) in [6.07, 6.45) is 1.92. The lowest BCUT2D eigenvalue weighted by atomic mass is 10.1. The Morgan fingerprint density at radius 1 is 1.73 bits per heavy atom. The number of halogens is 1. The van der Waals surface area contributed by atoms with Crippen molar-refractivity contribution in [2.24, 2.45) is 0 Å². The Morgan fingerprint density at radius 2 is 2.40 bits per heavy atom. The molecule has 0 saturated heterocycles. The third-order valence-corrected chi connectivity index (χ3v) is 2.02. The van der Waals surface area contributed by atoms with E-state index in [0.29, 0.717) is 17.5 Å². The monoisotopic (exact) mass is 321 g/mol. The van der Waals surface area contributed by atoms with Crippen molar-refractivity contribution >= 4 is 32.9 Å². The molecule has 0 bridgehead atoms. The van der Waals surface area contributed by atoms with Crippen LogP contribution in [-0.2, 0) is 6.61 Å². The van der Waals surface area contributed by atoms with Gasteiger partial charge in [-0.15, -0.1) is 0 Å². The summed E-state index contributed by atoms with van der Waals surface area (Å²) in [5, 5.41) is 8.96. The second-order valence-corrected chi connectivity index (χ2v) is 3.61. The molecule has 1 aromatic rings. The number of aliphatic hydroxyl groups excluding tert-OH is 1. The summed E-state index contributed by atoms with van der Waals surface area (Å²) in [6.45, 7) is 1.29. The third kappa shape index (κ3) is 2.72.